The van der Waals surface area contributed by atoms with Crippen LogP contribution in [0, 0.1) is 18.3 Å². The van der Waals surface area contributed by atoms with Crippen molar-refractivity contribution in [3.63, 3.8) is 0 Å². The lowest BCUT2D eigenvalue weighted by atomic mass is 9.97. The van der Waals surface area contributed by atoms with E-state index in [1.54, 1.807) is 16.8 Å². The van der Waals surface area contributed by atoms with Crippen LogP contribution in [0.3, 0.4) is 0 Å². The second kappa shape index (κ2) is 8.77. The largest absolute Gasteiger partial charge is 0.372 e. The highest BCUT2D eigenvalue weighted by Crippen LogP contribution is 2.30. The Morgan fingerprint density at radius 1 is 1.00 bits per heavy atom. The third-order valence-electron chi connectivity index (χ3n) is 6.33. The summed E-state index contributed by atoms with van der Waals surface area (Å²) in [6, 6.07) is 19.5. The fourth-order valence-electron chi connectivity index (χ4n) is 4.87. The third-order valence-corrected chi connectivity index (χ3v) is 6.33. The minimum Gasteiger partial charge on any atom is -0.372 e. The first-order valence-electron chi connectivity index (χ1n) is 11.5. The van der Waals surface area contributed by atoms with E-state index in [1.807, 2.05) is 55.6 Å². The summed E-state index contributed by atoms with van der Waals surface area (Å²) in [5, 5.41) is 10.6. The lowest BCUT2D eigenvalue weighted by Gasteiger charge is -2.36. The van der Waals surface area contributed by atoms with E-state index < -0.39 is 0 Å². The van der Waals surface area contributed by atoms with Crippen LogP contribution in [0.5, 0.6) is 0 Å². The summed E-state index contributed by atoms with van der Waals surface area (Å²) in [5.41, 5.74) is 5.07. The first-order valence-corrected chi connectivity index (χ1v) is 11.5. The minimum absolute atomic E-state index is 0.0644. The third kappa shape index (κ3) is 3.95. The van der Waals surface area contributed by atoms with Gasteiger partial charge in [-0.2, -0.15) is 5.26 Å². The van der Waals surface area contributed by atoms with E-state index in [2.05, 4.69) is 35.9 Å². The number of morpholine rings is 1. The van der Waals surface area contributed by atoms with E-state index in [0.717, 1.165) is 46.5 Å². The van der Waals surface area contributed by atoms with Crippen molar-refractivity contribution in [2.75, 3.05) is 18.0 Å². The van der Waals surface area contributed by atoms with Crippen molar-refractivity contribution in [2.45, 2.75) is 33.0 Å². The average molecular weight is 451 g/mol. The molecule has 4 aromatic rings. The lowest BCUT2D eigenvalue weighted by molar-refractivity contribution is -0.00521. The smallest absolute Gasteiger partial charge is 0.262 e. The Morgan fingerprint density at radius 2 is 1.71 bits per heavy atom. The Hall–Kier alpha value is -3.95. The van der Waals surface area contributed by atoms with Gasteiger partial charge >= 0.3 is 0 Å². The number of rotatable bonds is 3. The number of ether oxygens (including phenoxy) is 1. The molecule has 0 radical (unpaired) electrons. The van der Waals surface area contributed by atoms with E-state index in [4.69, 9.17) is 10.00 Å². The van der Waals surface area contributed by atoms with Gasteiger partial charge in [-0.1, -0.05) is 12.1 Å². The molecule has 2 aromatic carbocycles. The van der Waals surface area contributed by atoms with Crippen LogP contribution in [-0.4, -0.2) is 34.8 Å². The summed E-state index contributed by atoms with van der Waals surface area (Å²) in [5.74, 6) is 0. The Kier molecular flexibility index (Phi) is 5.64. The fraction of sp³-hybridized carbons (Fsp3) is 0.250. The van der Waals surface area contributed by atoms with Crippen LogP contribution in [0.25, 0.3) is 27.6 Å². The van der Waals surface area contributed by atoms with Crippen molar-refractivity contribution in [1.82, 2.24) is 9.55 Å². The summed E-state index contributed by atoms with van der Waals surface area (Å²) < 4.78 is 7.56. The van der Waals surface area contributed by atoms with Crippen LogP contribution >= 0.6 is 0 Å². The van der Waals surface area contributed by atoms with Crippen molar-refractivity contribution >= 4 is 16.5 Å². The number of nitriles is 1. The Balaban J connectivity index is 1.55. The highest BCUT2D eigenvalue weighted by molar-refractivity contribution is 5.98. The molecule has 34 heavy (non-hydrogen) atoms. The van der Waals surface area contributed by atoms with Gasteiger partial charge in [-0.15, -0.1) is 0 Å². The first-order chi connectivity index (χ1) is 16.4. The van der Waals surface area contributed by atoms with Crippen molar-refractivity contribution < 1.29 is 4.74 Å². The number of fused-ring (bicyclic) bond motifs is 1. The fourth-order valence-corrected chi connectivity index (χ4v) is 4.87. The number of hydrogen-bond acceptors (Lipinski definition) is 5. The molecule has 0 N–H and O–H groups in total. The zero-order valence-corrected chi connectivity index (χ0v) is 19.5. The van der Waals surface area contributed by atoms with Gasteiger partial charge in [-0.3, -0.25) is 9.36 Å². The van der Waals surface area contributed by atoms with Gasteiger partial charge in [0.05, 0.1) is 12.2 Å². The summed E-state index contributed by atoms with van der Waals surface area (Å²) in [7, 11) is 0. The van der Waals surface area contributed by atoms with Crippen LogP contribution in [0.2, 0.25) is 0 Å². The molecule has 0 amide bonds. The van der Waals surface area contributed by atoms with Gasteiger partial charge in [0.15, 0.2) is 0 Å². The quantitative estimate of drug-likeness (QED) is 0.446. The molecule has 2 aromatic heterocycles. The summed E-state index contributed by atoms with van der Waals surface area (Å²) in [6.07, 6.45) is 3.97. The standard InChI is InChI=1S/C28H26N4O2/c1-18-15-32(24-11-9-23(10-12-24)31-16-19(2)34-20(3)17-31)28(33)26-6-4-5-25(27(18)26)21-7-8-22(13-29)30-14-21/h4-12,14-15,19-20H,16-17H2,1-3H3/t19-,20+. The summed E-state index contributed by atoms with van der Waals surface area (Å²) >= 11 is 0. The second-order valence-corrected chi connectivity index (χ2v) is 8.94. The van der Waals surface area contributed by atoms with Crippen molar-refractivity contribution in [3.8, 4) is 22.9 Å². The Bertz CT molecular complexity index is 1440. The average Bonchev–Trinajstić information content (AvgIpc) is 2.85. The van der Waals surface area contributed by atoms with Crippen molar-refractivity contribution in [2.24, 2.45) is 0 Å². The second-order valence-electron chi connectivity index (χ2n) is 8.94. The van der Waals surface area contributed by atoms with Crippen LogP contribution in [0.4, 0.5) is 5.69 Å². The molecule has 0 aliphatic carbocycles. The number of aromatic nitrogens is 2. The van der Waals surface area contributed by atoms with E-state index >= 15 is 0 Å². The zero-order valence-electron chi connectivity index (χ0n) is 19.5. The summed E-state index contributed by atoms with van der Waals surface area (Å²) in [6.45, 7) is 7.91. The monoisotopic (exact) mass is 450 g/mol. The van der Waals surface area contributed by atoms with E-state index in [1.165, 1.54) is 0 Å². The number of benzene rings is 2. The topological polar surface area (TPSA) is 71.2 Å². The molecule has 0 bridgehead atoms. The van der Waals surface area contributed by atoms with Crippen molar-refractivity contribution in [1.29, 1.82) is 5.26 Å². The van der Waals surface area contributed by atoms with Crippen LogP contribution in [-0.2, 0) is 4.74 Å². The maximum atomic E-state index is 13.5. The van der Waals surface area contributed by atoms with Gasteiger partial charge in [0, 0.05) is 47.8 Å². The molecular formula is C28H26N4O2. The molecule has 1 saturated heterocycles. The van der Waals surface area contributed by atoms with E-state index in [9.17, 15) is 4.79 Å². The molecule has 6 nitrogen and oxygen atoms in total. The Labute approximate surface area is 198 Å². The highest BCUT2D eigenvalue weighted by Gasteiger charge is 2.22. The SMILES string of the molecule is Cc1cn(-c2ccc(N3C[C@@H](C)O[C@@H](C)C3)cc2)c(=O)c2cccc(-c3ccc(C#N)nc3)c12. The molecule has 0 unspecified atom stereocenters. The van der Waals surface area contributed by atoms with Gasteiger partial charge in [-0.25, -0.2) is 4.98 Å². The normalized spacial score (nSPS) is 18.1. The first kappa shape index (κ1) is 21.9. The minimum atomic E-state index is -0.0644. The molecule has 3 heterocycles. The zero-order chi connectivity index (χ0) is 23.8. The predicted octanol–water partition coefficient (Wildman–Crippen LogP) is 4.85. The number of nitrogens with zero attached hydrogens (tertiary/aromatic N) is 4. The van der Waals surface area contributed by atoms with Gasteiger partial charge < -0.3 is 9.64 Å². The maximum absolute atomic E-state index is 13.5. The molecule has 1 aliphatic heterocycles. The molecule has 0 saturated carbocycles. The molecule has 5 rings (SSSR count). The lowest BCUT2D eigenvalue weighted by Crippen LogP contribution is -2.45. The van der Waals surface area contributed by atoms with Gasteiger partial charge in [0.1, 0.15) is 11.8 Å². The van der Waals surface area contributed by atoms with Gasteiger partial charge in [-0.05, 0) is 79.7 Å². The summed E-state index contributed by atoms with van der Waals surface area (Å²) in [4.78, 5) is 20.0. The number of aryl methyl sites for hydroxylation is 1. The number of anilines is 1. The molecule has 170 valence electrons. The molecule has 1 fully saturated rings. The molecule has 6 heteroatoms. The van der Waals surface area contributed by atoms with Gasteiger partial charge in [0.25, 0.3) is 5.56 Å². The van der Waals surface area contributed by atoms with Gasteiger partial charge in [0.2, 0.25) is 0 Å². The van der Waals surface area contributed by atoms with Crippen LogP contribution < -0.4 is 10.5 Å². The maximum Gasteiger partial charge on any atom is 0.262 e. The van der Waals surface area contributed by atoms with Crippen LogP contribution in [0.15, 0.2) is 71.8 Å². The number of pyridine rings is 2. The predicted molar refractivity (Wildman–Crippen MR) is 134 cm³/mol. The molecule has 0 spiro atoms. The molecule has 1 aliphatic rings. The highest BCUT2D eigenvalue weighted by atomic mass is 16.5. The van der Waals surface area contributed by atoms with E-state index in [-0.39, 0.29) is 17.8 Å². The van der Waals surface area contributed by atoms with Crippen LogP contribution in [0.1, 0.15) is 25.1 Å². The van der Waals surface area contributed by atoms with Crippen molar-refractivity contribution in [3.05, 3.63) is 88.6 Å². The Morgan fingerprint density at radius 3 is 2.35 bits per heavy atom. The molecular weight excluding hydrogens is 424 g/mol. The van der Waals surface area contributed by atoms with E-state index in [0.29, 0.717) is 11.1 Å². The molecule has 2 atom stereocenters. The number of hydrogen-bond donors (Lipinski definition) is 0.